The molecule has 0 spiro atoms. The number of nitrogens with zero attached hydrogens (tertiary/aromatic N) is 2. The molecule has 3 heterocycles. The van der Waals surface area contributed by atoms with Crippen molar-refractivity contribution in [2.75, 3.05) is 19.6 Å². The van der Waals surface area contributed by atoms with Crippen molar-refractivity contribution in [3.8, 4) is 17.3 Å². The lowest BCUT2D eigenvalue weighted by molar-refractivity contribution is -0.130. The molecule has 0 bridgehead atoms. The number of thiophene rings is 1. The minimum Gasteiger partial charge on any atom is -0.355 e. The Bertz CT molecular complexity index is 1400. The lowest BCUT2D eigenvalue weighted by atomic mass is 9.93. The molecule has 2 N–H and O–H groups in total. The zero-order chi connectivity index (χ0) is 24.5. The van der Waals surface area contributed by atoms with Crippen LogP contribution in [0.2, 0.25) is 0 Å². The third-order valence-corrected chi connectivity index (χ3v) is 7.67. The topological polar surface area (TPSA) is 71.9 Å². The number of rotatable bonds is 7. The first-order valence-electron chi connectivity index (χ1n) is 12.1. The average molecular weight is 483 g/mol. The zero-order valence-corrected chi connectivity index (χ0v) is 21.2. The van der Waals surface area contributed by atoms with Crippen molar-refractivity contribution in [3.05, 3.63) is 81.7 Å². The number of aromatic nitrogens is 1. The molecular formula is C29H30N4OS. The predicted molar refractivity (Wildman–Crippen MR) is 142 cm³/mol. The number of aromatic amines is 1. The molecule has 1 atom stereocenters. The molecule has 2 aromatic carbocycles. The maximum absolute atomic E-state index is 12.9. The second-order valence-corrected chi connectivity index (χ2v) is 10.7. The minimum absolute atomic E-state index is 0.0210. The number of fused-ring (bicyclic) bond motifs is 1. The largest absolute Gasteiger partial charge is 0.355 e. The van der Waals surface area contributed by atoms with Gasteiger partial charge in [-0.2, -0.15) is 5.26 Å². The molecule has 5 rings (SSSR count). The lowest BCUT2D eigenvalue weighted by Gasteiger charge is -2.38. The van der Waals surface area contributed by atoms with Gasteiger partial charge in [-0.05, 0) is 66.2 Å². The van der Waals surface area contributed by atoms with E-state index in [-0.39, 0.29) is 17.7 Å². The summed E-state index contributed by atoms with van der Waals surface area (Å²) in [5, 5.41) is 15.7. The average Bonchev–Trinajstić information content (AvgIpc) is 3.40. The number of aryl methyl sites for hydroxylation is 2. The molecule has 0 radical (unpaired) electrons. The first kappa shape index (κ1) is 23.3. The van der Waals surface area contributed by atoms with Gasteiger partial charge in [0.2, 0.25) is 5.91 Å². The Labute approximate surface area is 210 Å². The van der Waals surface area contributed by atoms with Gasteiger partial charge in [0.25, 0.3) is 0 Å². The van der Waals surface area contributed by atoms with E-state index >= 15 is 0 Å². The van der Waals surface area contributed by atoms with E-state index in [9.17, 15) is 4.79 Å². The van der Waals surface area contributed by atoms with Crippen molar-refractivity contribution in [2.45, 2.75) is 33.2 Å². The molecule has 0 saturated carbocycles. The van der Waals surface area contributed by atoms with Gasteiger partial charge < -0.3 is 10.3 Å². The van der Waals surface area contributed by atoms with Gasteiger partial charge in [-0.1, -0.05) is 36.2 Å². The summed E-state index contributed by atoms with van der Waals surface area (Å²) in [4.78, 5) is 19.9. The zero-order valence-electron chi connectivity index (χ0n) is 20.4. The number of nitriles is 1. The molecule has 6 heteroatoms. The fraction of sp³-hybridized carbons (Fsp3) is 0.310. The Morgan fingerprint density at radius 2 is 1.97 bits per heavy atom. The molecule has 0 unspecified atom stereocenters. The number of likely N-dealkylation sites (tertiary alicyclic amines) is 1. The van der Waals surface area contributed by atoms with E-state index in [4.69, 9.17) is 5.26 Å². The summed E-state index contributed by atoms with van der Waals surface area (Å²) in [7, 11) is 0. The third kappa shape index (κ3) is 4.88. The Balaban J connectivity index is 1.23. The van der Waals surface area contributed by atoms with Gasteiger partial charge >= 0.3 is 0 Å². The highest BCUT2D eigenvalue weighted by molar-refractivity contribution is 7.16. The number of hydrogen-bond acceptors (Lipinski definition) is 4. The standard InChI is InChI=1S/C29H30N4OS/c1-18-9-19(2)11-23(10-18)27-26(25-7-8-35-29(25)32-27)20(3)14-31-28(34)24-16-33(17-24)15-22-6-4-5-21(12-22)13-30/h4-12,20,24,32H,14-17H2,1-3H3,(H,31,34)/t20-/m1/s1. The molecule has 2 aromatic heterocycles. The fourth-order valence-corrected chi connectivity index (χ4v) is 5.96. The Morgan fingerprint density at radius 1 is 1.20 bits per heavy atom. The molecule has 1 fully saturated rings. The number of amides is 1. The predicted octanol–water partition coefficient (Wildman–Crippen LogP) is 5.74. The third-order valence-electron chi connectivity index (χ3n) is 6.84. The molecule has 0 aliphatic carbocycles. The first-order valence-corrected chi connectivity index (χ1v) is 13.0. The molecule has 4 aromatic rings. The van der Waals surface area contributed by atoms with E-state index in [1.54, 1.807) is 11.3 Å². The summed E-state index contributed by atoms with van der Waals surface area (Å²) in [6, 6.07) is 18.7. The Hall–Kier alpha value is -3.40. The Morgan fingerprint density at radius 3 is 2.71 bits per heavy atom. The van der Waals surface area contributed by atoms with E-state index in [1.165, 1.54) is 32.5 Å². The van der Waals surface area contributed by atoms with E-state index in [2.05, 4.69) is 71.7 Å². The molecule has 1 aliphatic rings. The molecule has 5 nitrogen and oxygen atoms in total. The molecular weight excluding hydrogens is 452 g/mol. The lowest BCUT2D eigenvalue weighted by Crippen LogP contribution is -2.53. The summed E-state index contributed by atoms with van der Waals surface area (Å²) in [5.74, 6) is 0.333. The highest BCUT2D eigenvalue weighted by atomic mass is 32.1. The van der Waals surface area contributed by atoms with Crippen LogP contribution >= 0.6 is 11.3 Å². The van der Waals surface area contributed by atoms with Crippen LogP contribution in [0, 0.1) is 31.1 Å². The highest BCUT2D eigenvalue weighted by Crippen LogP contribution is 2.38. The molecule has 178 valence electrons. The van der Waals surface area contributed by atoms with Gasteiger partial charge in [-0.15, -0.1) is 11.3 Å². The highest BCUT2D eigenvalue weighted by Gasteiger charge is 2.32. The minimum atomic E-state index is 0.0210. The van der Waals surface area contributed by atoms with Crippen molar-refractivity contribution in [1.29, 1.82) is 5.26 Å². The van der Waals surface area contributed by atoms with Crippen molar-refractivity contribution < 1.29 is 4.79 Å². The van der Waals surface area contributed by atoms with Gasteiger partial charge in [0.15, 0.2) is 0 Å². The maximum Gasteiger partial charge on any atom is 0.225 e. The van der Waals surface area contributed by atoms with E-state index in [0.29, 0.717) is 12.1 Å². The molecule has 1 amide bonds. The summed E-state index contributed by atoms with van der Waals surface area (Å²) in [6.45, 7) is 9.35. The Kier molecular flexibility index (Phi) is 6.46. The van der Waals surface area contributed by atoms with Crippen LogP contribution in [0.3, 0.4) is 0 Å². The van der Waals surface area contributed by atoms with Crippen molar-refractivity contribution in [3.63, 3.8) is 0 Å². The molecule has 1 aliphatic heterocycles. The van der Waals surface area contributed by atoms with Gasteiger partial charge in [0.05, 0.1) is 23.2 Å². The number of nitrogens with one attached hydrogen (secondary N) is 2. The van der Waals surface area contributed by atoms with Crippen LogP contribution < -0.4 is 5.32 Å². The van der Waals surface area contributed by atoms with Crippen LogP contribution in [0.5, 0.6) is 0 Å². The number of hydrogen-bond donors (Lipinski definition) is 2. The van der Waals surface area contributed by atoms with Crippen LogP contribution in [0.25, 0.3) is 21.5 Å². The van der Waals surface area contributed by atoms with E-state index < -0.39 is 0 Å². The van der Waals surface area contributed by atoms with Crippen LogP contribution in [0.4, 0.5) is 0 Å². The van der Waals surface area contributed by atoms with Crippen molar-refractivity contribution >= 4 is 27.5 Å². The van der Waals surface area contributed by atoms with Crippen molar-refractivity contribution in [2.24, 2.45) is 5.92 Å². The smallest absolute Gasteiger partial charge is 0.225 e. The first-order chi connectivity index (χ1) is 16.9. The number of benzene rings is 2. The van der Waals surface area contributed by atoms with Crippen LogP contribution in [0.15, 0.2) is 53.9 Å². The summed E-state index contributed by atoms with van der Waals surface area (Å²) >= 11 is 1.72. The second-order valence-electron chi connectivity index (χ2n) is 9.80. The van der Waals surface area contributed by atoms with E-state index in [1.807, 2.05) is 24.3 Å². The van der Waals surface area contributed by atoms with Crippen LogP contribution in [-0.4, -0.2) is 35.4 Å². The maximum atomic E-state index is 12.9. The SMILES string of the molecule is Cc1cc(C)cc(-c2[nH]c3sccc3c2[C@H](C)CNC(=O)C2CN(Cc3cccc(C#N)c3)C2)c1. The normalized spacial score (nSPS) is 15.0. The summed E-state index contributed by atoms with van der Waals surface area (Å²) in [6.07, 6.45) is 0. The molecule has 1 saturated heterocycles. The summed E-state index contributed by atoms with van der Waals surface area (Å²) in [5.41, 5.74) is 7.93. The fourth-order valence-electron chi connectivity index (χ4n) is 5.15. The number of carbonyl (C=O) groups excluding carboxylic acids is 1. The van der Waals surface area contributed by atoms with Crippen LogP contribution in [-0.2, 0) is 11.3 Å². The number of H-pyrrole nitrogens is 1. The van der Waals surface area contributed by atoms with Crippen LogP contribution in [0.1, 0.15) is 40.7 Å². The monoisotopic (exact) mass is 482 g/mol. The number of carbonyl (C=O) groups is 1. The van der Waals surface area contributed by atoms with Gasteiger partial charge in [0, 0.05) is 37.5 Å². The van der Waals surface area contributed by atoms with E-state index in [0.717, 1.165) is 30.9 Å². The summed E-state index contributed by atoms with van der Waals surface area (Å²) < 4.78 is 0. The van der Waals surface area contributed by atoms with Gasteiger partial charge in [-0.25, -0.2) is 0 Å². The van der Waals surface area contributed by atoms with Gasteiger partial charge in [0.1, 0.15) is 4.83 Å². The molecule has 35 heavy (non-hydrogen) atoms. The quantitative estimate of drug-likeness (QED) is 0.353. The second kappa shape index (κ2) is 9.69. The van der Waals surface area contributed by atoms with Gasteiger partial charge in [-0.3, -0.25) is 9.69 Å². The van der Waals surface area contributed by atoms with Crippen molar-refractivity contribution in [1.82, 2.24) is 15.2 Å².